The molecule has 222 valence electrons. The van der Waals surface area contributed by atoms with E-state index in [1.54, 1.807) is 35.6 Å². The summed E-state index contributed by atoms with van der Waals surface area (Å²) in [5.74, 6) is -0.876. The highest BCUT2D eigenvalue weighted by molar-refractivity contribution is 7.14. The fourth-order valence-corrected chi connectivity index (χ4v) is 5.54. The lowest BCUT2D eigenvalue weighted by Gasteiger charge is -2.32. The van der Waals surface area contributed by atoms with Gasteiger partial charge in [0, 0.05) is 70.1 Å². The van der Waals surface area contributed by atoms with E-state index in [1.165, 1.54) is 22.5 Å². The Labute approximate surface area is 246 Å². The quantitative estimate of drug-likeness (QED) is 0.296. The van der Waals surface area contributed by atoms with Crippen LogP contribution in [0.5, 0.6) is 0 Å². The highest BCUT2D eigenvalue weighted by Crippen LogP contribution is 2.23. The predicted octanol–water partition coefficient (Wildman–Crippen LogP) is 2.77. The number of methoxy groups -OCH3 is 1. The minimum absolute atomic E-state index is 0.318. The van der Waals surface area contributed by atoms with Crippen LogP contribution in [0.4, 0.5) is 10.8 Å². The molecule has 0 radical (unpaired) electrons. The van der Waals surface area contributed by atoms with Crippen molar-refractivity contribution < 1.29 is 23.5 Å². The van der Waals surface area contributed by atoms with Crippen LogP contribution >= 0.6 is 11.3 Å². The summed E-state index contributed by atoms with van der Waals surface area (Å²) in [5, 5.41) is 5.21. The molecule has 0 atom stereocenters. The van der Waals surface area contributed by atoms with Gasteiger partial charge in [0.15, 0.2) is 10.7 Å². The van der Waals surface area contributed by atoms with E-state index in [1.807, 2.05) is 0 Å². The maximum absolute atomic E-state index is 12.4. The summed E-state index contributed by atoms with van der Waals surface area (Å²) in [6.45, 7) is 8.20. The number of aromatic amines is 1. The number of H-pyrrole nitrogens is 1. The van der Waals surface area contributed by atoms with Crippen LogP contribution < -0.4 is 16.0 Å². The molecule has 2 N–H and O–H groups in total. The second-order valence-electron chi connectivity index (χ2n) is 9.96. The Morgan fingerprint density at radius 2 is 1.81 bits per heavy atom. The minimum Gasteiger partial charge on any atom is -0.408 e. The van der Waals surface area contributed by atoms with Crippen LogP contribution in [0, 0.1) is 0 Å². The number of morpholine rings is 1. The predicted molar refractivity (Wildman–Crippen MR) is 160 cm³/mol. The van der Waals surface area contributed by atoms with Crippen LogP contribution in [0.1, 0.15) is 21.6 Å². The number of rotatable bonds is 8. The van der Waals surface area contributed by atoms with E-state index in [-0.39, 0.29) is 5.91 Å². The Kier molecular flexibility index (Phi) is 9.98. The van der Waals surface area contributed by atoms with Gasteiger partial charge in [-0.1, -0.05) is 24.3 Å². The number of anilines is 2. The molecule has 2 fully saturated rings. The Balaban J connectivity index is 0.000000189. The summed E-state index contributed by atoms with van der Waals surface area (Å²) < 4.78 is 15.4. The van der Waals surface area contributed by atoms with Crippen molar-refractivity contribution in [1.29, 1.82) is 0 Å². The fraction of sp³-hybridized carbons (Fsp3) is 0.379. The monoisotopic (exact) mass is 594 g/mol. The van der Waals surface area contributed by atoms with Gasteiger partial charge in [-0.15, -0.1) is 11.3 Å². The molecule has 4 heterocycles. The molecule has 6 rings (SSSR count). The van der Waals surface area contributed by atoms with Crippen molar-refractivity contribution in [3.05, 3.63) is 75.2 Å². The van der Waals surface area contributed by atoms with Gasteiger partial charge in [-0.3, -0.25) is 19.5 Å². The van der Waals surface area contributed by atoms with Crippen LogP contribution in [0.25, 0.3) is 11.1 Å². The first-order chi connectivity index (χ1) is 20.5. The van der Waals surface area contributed by atoms with Crippen molar-refractivity contribution in [2.75, 3.05) is 69.8 Å². The number of ether oxygens (including phenoxy) is 2. The normalized spacial score (nSPS) is 15.7. The number of piperazine rings is 1. The molecule has 2 aliphatic rings. The zero-order valence-electron chi connectivity index (χ0n) is 23.4. The summed E-state index contributed by atoms with van der Waals surface area (Å²) >= 11 is 1.39. The number of benzene rings is 2. The number of amides is 2. The number of thiazole rings is 1. The number of oxazole rings is 1. The molecule has 2 aromatic heterocycles. The molecule has 12 nitrogen and oxygen atoms in total. The van der Waals surface area contributed by atoms with Gasteiger partial charge in [-0.2, -0.15) is 0 Å². The summed E-state index contributed by atoms with van der Waals surface area (Å²) in [5.41, 5.74) is 4.37. The van der Waals surface area contributed by atoms with E-state index in [4.69, 9.17) is 13.9 Å². The average Bonchev–Trinajstić information content (AvgIpc) is 3.66. The number of nitrogens with zero attached hydrogens (tertiary/aromatic N) is 4. The topological polar surface area (TPSA) is 133 Å². The molecule has 2 amide bonds. The second kappa shape index (κ2) is 14.2. The number of nitrogens with one attached hydrogen (secondary N) is 2. The highest BCUT2D eigenvalue weighted by Gasteiger charge is 2.20. The maximum Gasteiger partial charge on any atom is 0.417 e. The van der Waals surface area contributed by atoms with E-state index in [0.29, 0.717) is 55.3 Å². The van der Waals surface area contributed by atoms with E-state index in [2.05, 4.69) is 49.4 Å². The van der Waals surface area contributed by atoms with Crippen LogP contribution in [-0.4, -0.2) is 91.7 Å². The molecular weight excluding hydrogens is 560 g/mol. The number of hydrogen-bond acceptors (Lipinski definition) is 10. The summed E-state index contributed by atoms with van der Waals surface area (Å²) in [6, 6.07) is 13.6. The lowest BCUT2D eigenvalue weighted by atomic mass is 10.1. The highest BCUT2D eigenvalue weighted by atomic mass is 32.1. The van der Waals surface area contributed by atoms with E-state index < -0.39 is 5.76 Å². The number of carbonyl (C=O) groups is 2. The van der Waals surface area contributed by atoms with Gasteiger partial charge in [0.25, 0.3) is 5.91 Å². The first-order valence-electron chi connectivity index (χ1n) is 13.7. The summed E-state index contributed by atoms with van der Waals surface area (Å²) in [4.78, 5) is 47.5. The maximum atomic E-state index is 12.4. The molecule has 0 spiro atoms. The molecule has 2 aromatic carbocycles. The lowest BCUT2D eigenvalue weighted by Crippen LogP contribution is -2.45. The molecule has 4 aromatic rings. The largest absolute Gasteiger partial charge is 0.417 e. The minimum atomic E-state index is -0.540. The zero-order chi connectivity index (χ0) is 29.3. The molecule has 2 saturated heterocycles. The molecular formula is C29H34N6O6S. The molecule has 42 heavy (non-hydrogen) atoms. The Morgan fingerprint density at radius 3 is 2.52 bits per heavy atom. The van der Waals surface area contributed by atoms with Crippen molar-refractivity contribution >= 4 is 45.6 Å². The van der Waals surface area contributed by atoms with Crippen LogP contribution in [0.15, 0.2) is 57.1 Å². The summed E-state index contributed by atoms with van der Waals surface area (Å²) in [7, 11) is 1.72. The van der Waals surface area contributed by atoms with Crippen molar-refractivity contribution in [3.8, 4) is 0 Å². The van der Waals surface area contributed by atoms with Crippen molar-refractivity contribution in [2.45, 2.75) is 13.2 Å². The Hall–Kier alpha value is -4.04. The molecule has 2 aliphatic heterocycles. The SMILES string of the molecule is COCc1ccc(CN2CCOCC2)cc1.O=CN1CCN(c2nc(C(=O)Nc3ccc4[nH]c(=O)oc4c3)cs2)CC1. The van der Waals surface area contributed by atoms with Gasteiger partial charge in [0.05, 0.1) is 25.3 Å². The third kappa shape index (κ3) is 7.82. The Bertz CT molecular complexity index is 1520. The molecule has 0 aliphatic carbocycles. The van der Waals surface area contributed by atoms with Gasteiger partial charge in [-0.05, 0) is 23.3 Å². The number of fused-ring (bicyclic) bond motifs is 1. The first-order valence-corrected chi connectivity index (χ1v) is 14.6. The summed E-state index contributed by atoms with van der Waals surface area (Å²) in [6.07, 6.45) is 0.849. The smallest absolute Gasteiger partial charge is 0.408 e. The van der Waals surface area contributed by atoms with Gasteiger partial charge < -0.3 is 29.0 Å². The third-order valence-electron chi connectivity index (χ3n) is 6.98. The van der Waals surface area contributed by atoms with Crippen molar-refractivity contribution in [1.82, 2.24) is 19.8 Å². The van der Waals surface area contributed by atoms with E-state index in [0.717, 1.165) is 44.4 Å². The second-order valence-corrected chi connectivity index (χ2v) is 10.8. The van der Waals surface area contributed by atoms with E-state index >= 15 is 0 Å². The molecule has 0 unspecified atom stereocenters. The third-order valence-corrected chi connectivity index (χ3v) is 7.88. The van der Waals surface area contributed by atoms with Gasteiger partial charge in [0.2, 0.25) is 6.41 Å². The molecule has 0 saturated carbocycles. The fourth-order valence-electron chi connectivity index (χ4n) is 4.68. The Morgan fingerprint density at radius 1 is 1.07 bits per heavy atom. The lowest BCUT2D eigenvalue weighted by molar-refractivity contribution is -0.118. The van der Waals surface area contributed by atoms with Crippen LogP contribution in [-0.2, 0) is 27.4 Å². The van der Waals surface area contributed by atoms with Crippen LogP contribution in [0.3, 0.4) is 0 Å². The number of carbonyl (C=O) groups excluding carboxylic acids is 2. The van der Waals surface area contributed by atoms with Gasteiger partial charge in [-0.25, -0.2) is 9.78 Å². The zero-order valence-corrected chi connectivity index (χ0v) is 24.2. The molecule has 13 heteroatoms. The average molecular weight is 595 g/mol. The molecule has 0 bridgehead atoms. The van der Waals surface area contributed by atoms with Gasteiger partial charge in [0.1, 0.15) is 5.69 Å². The standard InChI is InChI=1S/C16H15N5O4S.C13H19NO2/c22-9-20-3-5-21(6-4-20)15-18-12(8-26-15)14(23)17-10-1-2-11-13(7-10)25-16(24)19-11;1-15-11-13-4-2-12(3-5-13)10-14-6-8-16-9-7-14/h1-2,7-9H,3-6H2,(H,17,23)(H,19,24);2-5H,6-11H2,1H3. The van der Waals surface area contributed by atoms with Crippen molar-refractivity contribution in [3.63, 3.8) is 0 Å². The van der Waals surface area contributed by atoms with Crippen molar-refractivity contribution in [2.24, 2.45) is 0 Å². The number of hydrogen-bond donors (Lipinski definition) is 2. The van der Waals surface area contributed by atoms with Crippen LogP contribution in [0.2, 0.25) is 0 Å². The first kappa shape index (κ1) is 29.5. The van der Waals surface area contributed by atoms with Gasteiger partial charge >= 0.3 is 5.76 Å². The van der Waals surface area contributed by atoms with E-state index in [9.17, 15) is 14.4 Å². The number of aromatic nitrogens is 2.